The summed E-state index contributed by atoms with van der Waals surface area (Å²) in [5, 5.41) is 8.93. The van der Waals surface area contributed by atoms with Crippen LogP contribution in [0.15, 0.2) is 30.5 Å². The number of amides is 2. The molecule has 3 rings (SSSR count). The van der Waals surface area contributed by atoms with E-state index in [1.165, 1.54) is 12.1 Å². The van der Waals surface area contributed by atoms with E-state index in [1.807, 2.05) is 13.0 Å². The molecular formula is C24H30ClFN4O4. The van der Waals surface area contributed by atoms with Gasteiger partial charge in [-0.25, -0.2) is 9.37 Å². The van der Waals surface area contributed by atoms with E-state index in [4.69, 9.17) is 21.1 Å². The number of aromatic nitrogens is 1. The van der Waals surface area contributed by atoms with Gasteiger partial charge in [-0.15, -0.1) is 0 Å². The van der Waals surface area contributed by atoms with Crippen LogP contribution in [0.2, 0.25) is 5.02 Å². The summed E-state index contributed by atoms with van der Waals surface area (Å²) in [4.78, 5) is 28.7. The number of nitrogens with one attached hydrogen (secondary N) is 3. The van der Waals surface area contributed by atoms with Crippen molar-refractivity contribution in [1.29, 1.82) is 0 Å². The Balaban J connectivity index is 1.74. The third-order valence-corrected chi connectivity index (χ3v) is 5.83. The van der Waals surface area contributed by atoms with Crippen LogP contribution in [0.3, 0.4) is 0 Å². The largest absolute Gasteiger partial charge is 0.475 e. The molecule has 2 heterocycles. The van der Waals surface area contributed by atoms with Crippen LogP contribution in [-0.4, -0.2) is 36.6 Å². The Bertz CT molecular complexity index is 1000. The molecule has 1 saturated heterocycles. The molecule has 1 aromatic carbocycles. The van der Waals surface area contributed by atoms with Crippen LogP contribution in [0.1, 0.15) is 56.1 Å². The van der Waals surface area contributed by atoms with E-state index in [1.54, 1.807) is 26.1 Å². The molecule has 3 N–H and O–H groups in total. The lowest BCUT2D eigenvalue weighted by molar-refractivity contribution is -0.125. The van der Waals surface area contributed by atoms with E-state index in [9.17, 15) is 14.0 Å². The Morgan fingerprint density at radius 2 is 2.09 bits per heavy atom. The number of pyridine rings is 1. The highest BCUT2D eigenvalue weighted by Gasteiger charge is 2.31. The molecule has 2 unspecified atom stereocenters. The minimum Gasteiger partial charge on any atom is -0.475 e. The first-order valence-corrected chi connectivity index (χ1v) is 11.6. The van der Waals surface area contributed by atoms with Crippen LogP contribution in [0.5, 0.6) is 5.88 Å². The van der Waals surface area contributed by atoms with Crippen molar-refractivity contribution in [2.24, 2.45) is 5.92 Å². The van der Waals surface area contributed by atoms with Crippen LogP contribution in [0, 0.1) is 11.7 Å². The van der Waals surface area contributed by atoms with Crippen LogP contribution < -0.4 is 20.7 Å². The molecule has 34 heavy (non-hydrogen) atoms. The molecule has 8 nitrogen and oxygen atoms in total. The van der Waals surface area contributed by atoms with Gasteiger partial charge in [0.15, 0.2) is 0 Å². The van der Waals surface area contributed by atoms with Crippen molar-refractivity contribution < 1.29 is 23.5 Å². The Labute approximate surface area is 203 Å². The van der Waals surface area contributed by atoms with Crippen molar-refractivity contribution in [3.8, 4) is 5.88 Å². The Morgan fingerprint density at radius 3 is 2.76 bits per heavy atom. The number of benzene rings is 1. The third-order valence-electron chi connectivity index (χ3n) is 5.38. The zero-order valence-electron chi connectivity index (χ0n) is 19.5. The van der Waals surface area contributed by atoms with Gasteiger partial charge in [0, 0.05) is 49.4 Å². The summed E-state index contributed by atoms with van der Waals surface area (Å²) in [6.45, 7) is 7.10. The van der Waals surface area contributed by atoms with Crippen molar-refractivity contribution in [3.63, 3.8) is 0 Å². The molecular weight excluding hydrogens is 463 g/mol. The molecule has 1 aliphatic rings. The molecule has 0 aliphatic carbocycles. The first-order valence-electron chi connectivity index (χ1n) is 11.3. The zero-order valence-corrected chi connectivity index (χ0v) is 20.2. The molecule has 2 aromatic rings. The monoisotopic (exact) mass is 492 g/mol. The van der Waals surface area contributed by atoms with Crippen LogP contribution in [0.4, 0.5) is 4.39 Å². The molecule has 1 aromatic heterocycles. The fourth-order valence-electron chi connectivity index (χ4n) is 3.51. The van der Waals surface area contributed by atoms with Gasteiger partial charge in [-0.3, -0.25) is 14.9 Å². The summed E-state index contributed by atoms with van der Waals surface area (Å²) in [6.07, 6.45) is 0.937. The Hall–Kier alpha value is -2.75. The average molecular weight is 493 g/mol. The standard InChI is InChI=1S/C24H30ClFN4O4/c1-4-33-9-10-34-20-8-6-15(12-27-20)18-11-19(31)30-23(29-18)21-17(26)7-5-16(22(21)25)13-28-24(32)14(2)3/h5-8,12,14,18,23,29H,4,9-11,13H2,1-3H3,(H,28,32)(H,30,31). The second-order valence-electron chi connectivity index (χ2n) is 8.21. The molecule has 1 aliphatic heterocycles. The molecule has 2 atom stereocenters. The van der Waals surface area contributed by atoms with Crippen molar-refractivity contribution >= 4 is 23.4 Å². The summed E-state index contributed by atoms with van der Waals surface area (Å²) >= 11 is 6.52. The minimum absolute atomic E-state index is 0.125. The number of ether oxygens (including phenoxy) is 2. The summed E-state index contributed by atoms with van der Waals surface area (Å²) < 4.78 is 25.6. The second-order valence-corrected chi connectivity index (χ2v) is 8.58. The van der Waals surface area contributed by atoms with Crippen LogP contribution >= 0.6 is 11.6 Å². The maximum absolute atomic E-state index is 14.8. The number of nitrogens with zero attached hydrogens (tertiary/aromatic N) is 1. The van der Waals surface area contributed by atoms with Crippen LogP contribution in [-0.2, 0) is 20.9 Å². The maximum Gasteiger partial charge on any atom is 0.223 e. The molecule has 0 radical (unpaired) electrons. The SMILES string of the molecule is CCOCCOc1ccc(C2CC(=O)NC(c3c(F)ccc(CNC(=O)C(C)C)c3Cl)N2)cn1. The highest BCUT2D eigenvalue weighted by molar-refractivity contribution is 6.32. The van der Waals surface area contributed by atoms with E-state index in [0.717, 1.165) is 5.56 Å². The smallest absolute Gasteiger partial charge is 0.223 e. The maximum atomic E-state index is 14.8. The quantitative estimate of drug-likeness (QED) is 0.439. The first kappa shape index (κ1) is 25.9. The van der Waals surface area contributed by atoms with E-state index in [-0.39, 0.29) is 41.3 Å². The highest BCUT2D eigenvalue weighted by Crippen LogP contribution is 2.33. The number of hydrogen-bond donors (Lipinski definition) is 3. The third kappa shape index (κ3) is 6.65. The van der Waals surface area contributed by atoms with Crippen molar-refractivity contribution in [3.05, 3.63) is 58.0 Å². The van der Waals surface area contributed by atoms with Crippen molar-refractivity contribution in [1.82, 2.24) is 20.9 Å². The molecule has 0 bridgehead atoms. The first-order chi connectivity index (χ1) is 16.3. The number of carbonyl (C=O) groups excluding carboxylic acids is 2. The summed E-state index contributed by atoms with van der Waals surface area (Å²) in [5.74, 6) is -0.679. The van der Waals surface area contributed by atoms with Gasteiger partial charge in [0.1, 0.15) is 18.6 Å². The van der Waals surface area contributed by atoms with Gasteiger partial charge in [-0.1, -0.05) is 37.6 Å². The minimum atomic E-state index is -0.846. The van der Waals surface area contributed by atoms with Gasteiger partial charge in [-0.2, -0.15) is 0 Å². The number of halogens is 2. The van der Waals surface area contributed by atoms with Gasteiger partial charge in [0.25, 0.3) is 0 Å². The van der Waals surface area contributed by atoms with Crippen molar-refractivity contribution in [2.45, 2.75) is 45.9 Å². The Kier molecular flexibility index (Phi) is 9.20. The normalized spacial score (nSPS) is 18.0. The molecule has 1 fully saturated rings. The van der Waals surface area contributed by atoms with Gasteiger partial charge in [0.05, 0.1) is 11.6 Å². The molecule has 10 heteroatoms. The summed E-state index contributed by atoms with van der Waals surface area (Å²) in [6, 6.07) is 5.94. The zero-order chi connectivity index (χ0) is 24.7. The van der Waals surface area contributed by atoms with E-state index in [0.29, 0.717) is 31.3 Å². The molecule has 0 spiro atoms. The lowest BCUT2D eigenvalue weighted by Gasteiger charge is -2.33. The molecule has 0 saturated carbocycles. The average Bonchev–Trinajstić information content (AvgIpc) is 2.81. The van der Waals surface area contributed by atoms with E-state index >= 15 is 0 Å². The predicted octanol–water partition coefficient (Wildman–Crippen LogP) is 3.41. The fourth-order valence-corrected chi connectivity index (χ4v) is 3.84. The molecule has 184 valence electrons. The molecule has 2 amide bonds. The summed E-state index contributed by atoms with van der Waals surface area (Å²) in [7, 11) is 0. The van der Waals surface area contributed by atoms with E-state index < -0.39 is 18.0 Å². The second kappa shape index (κ2) is 12.1. The van der Waals surface area contributed by atoms with Gasteiger partial charge in [0.2, 0.25) is 17.7 Å². The predicted molar refractivity (Wildman–Crippen MR) is 126 cm³/mol. The van der Waals surface area contributed by atoms with Gasteiger partial charge >= 0.3 is 0 Å². The highest BCUT2D eigenvalue weighted by atomic mass is 35.5. The summed E-state index contributed by atoms with van der Waals surface area (Å²) in [5.41, 5.74) is 1.44. The topological polar surface area (TPSA) is 102 Å². The Morgan fingerprint density at radius 1 is 1.29 bits per heavy atom. The van der Waals surface area contributed by atoms with Gasteiger partial charge in [-0.05, 0) is 24.1 Å². The number of hydrogen-bond acceptors (Lipinski definition) is 6. The van der Waals surface area contributed by atoms with Crippen LogP contribution in [0.25, 0.3) is 0 Å². The van der Waals surface area contributed by atoms with E-state index in [2.05, 4.69) is 20.9 Å². The number of carbonyl (C=O) groups is 2. The fraction of sp³-hybridized carbons (Fsp3) is 0.458. The lowest BCUT2D eigenvalue weighted by Crippen LogP contribution is -2.47. The number of rotatable bonds is 10. The van der Waals surface area contributed by atoms with Crippen molar-refractivity contribution in [2.75, 3.05) is 19.8 Å². The van der Waals surface area contributed by atoms with Gasteiger partial charge < -0.3 is 20.1 Å². The lowest BCUT2D eigenvalue weighted by atomic mass is 9.99.